The Labute approximate surface area is 97.7 Å². The first-order chi connectivity index (χ1) is 7.63. The lowest BCUT2D eigenvalue weighted by atomic mass is 9.95. The Balaban J connectivity index is 2.33. The minimum atomic E-state index is -0.271. The van der Waals surface area contributed by atoms with Crippen molar-refractivity contribution in [3.63, 3.8) is 0 Å². The maximum Gasteiger partial charge on any atom is 0.0799 e. The summed E-state index contributed by atoms with van der Waals surface area (Å²) in [4.78, 5) is 0. The van der Waals surface area contributed by atoms with Gasteiger partial charge >= 0.3 is 0 Å². The molecule has 1 aliphatic rings. The molecule has 2 unspecified atom stereocenters. The van der Waals surface area contributed by atoms with Gasteiger partial charge in [-0.3, -0.25) is 0 Å². The summed E-state index contributed by atoms with van der Waals surface area (Å²) < 4.78 is 0. The molecule has 2 N–H and O–H groups in total. The fourth-order valence-corrected chi connectivity index (χ4v) is 2.58. The van der Waals surface area contributed by atoms with Crippen LogP contribution in [0.4, 0.5) is 0 Å². The largest absolute Gasteiger partial charge is 0.388 e. The predicted molar refractivity (Wildman–Crippen MR) is 66.8 cm³/mol. The summed E-state index contributed by atoms with van der Waals surface area (Å²) in [5.74, 6) is 0.997. The Morgan fingerprint density at radius 2 is 2.12 bits per heavy atom. The Hall–Kier alpha value is -0.860. The van der Waals surface area contributed by atoms with Crippen LogP contribution in [-0.4, -0.2) is 18.7 Å². The van der Waals surface area contributed by atoms with Crippen LogP contribution in [-0.2, 0) is 0 Å². The van der Waals surface area contributed by atoms with E-state index in [0.29, 0.717) is 11.8 Å². The van der Waals surface area contributed by atoms with Crippen molar-refractivity contribution in [1.29, 1.82) is 0 Å². The lowest BCUT2D eigenvalue weighted by Gasteiger charge is -2.12. The van der Waals surface area contributed by atoms with Crippen molar-refractivity contribution >= 4 is 0 Å². The van der Waals surface area contributed by atoms with Crippen molar-refractivity contribution in [2.45, 2.75) is 38.2 Å². The first kappa shape index (κ1) is 11.6. The second kappa shape index (κ2) is 4.56. The SMILES string of the molecule is CNCC1CC(O)c2cc(C(C)C)ccc21. The van der Waals surface area contributed by atoms with Gasteiger partial charge in [-0.05, 0) is 42.0 Å². The maximum absolute atomic E-state index is 10.1. The molecule has 0 aliphatic heterocycles. The molecule has 0 fully saturated rings. The Morgan fingerprint density at radius 1 is 1.38 bits per heavy atom. The van der Waals surface area contributed by atoms with Crippen LogP contribution in [0.5, 0.6) is 0 Å². The van der Waals surface area contributed by atoms with E-state index in [0.717, 1.165) is 18.5 Å². The summed E-state index contributed by atoms with van der Waals surface area (Å²) in [7, 11) is 1.97. The molecule has 0 aromatic heterocycles. The molecule has 2 rings (SSSR count). The third-order valence-electron chi connectivity index (χ3n) is 3.53. The van der Waals surface area contributed by atoms with E-state index in [1.807, 2.05) is 7.05 Å². The van der Waals surface area contributed by atoms with Crippen molar-refractivity contribution in [2.24, 2.45) is 0 Å². The molecule has 16 heavy (non-hydrogen) atoms. The van der Waals surface area contributed by atoms with Crippen LogP contribution < -0.4 is 5.32 Å². The molecule has 2 nitrogen and oxygen atoms in total. The van der Waals surface area contributed by atoms with Crippen LogP contribution in [0.3, 0.4) is 0 Å². The number of hydrogen-bond donors (Lipinski definition) is 2. The molecule has 0 saturated carbocycles. The molecule has 88 valence electrons. The zero-order chi connectivity index (χ0) is 11.7. The molecule has 2 atom stereocenters. The monoisotopic (exact) mass is 219 g/mol. The van der Waals surface area contributed by atoms with E-state index in [9.17, 15) is 5.11 Å². The van der Waals surface area contributed by atoms with Gasteiger partial charge < -0.3 is 10.4 Å². The first-order valence-corrected chi connectivity index (χ1v) is 6.10. The third-order valence-corrected chi connectivity index (χ3v) is 3.53. The number of aliphatic hydroxyl groups excluding tert-OH is 1. The summed E-state index contributed by atoms with van der Waals surface area (Å²) >= 11 is 0. The van der Waals surface area contributed by atoms with Gasteiger partial charge in [-0.2, -0.15) is 0 Å². The molecular formula is C14H21NO. The number of benzene rings is 1. The normalized spacial score (nSPS) is 23.8. The highest BCUT2D eigenvalue weighted by Gasteiger charge is 2.29. The molecular weight excluding hydrogens is 198 g/mol. The summed E-state index contributed by atoms with van der Waals surface area (Å²) in [5.41, 5.74) is 3.79. The fraction of sp³-hybridized carbons (Fsp3) is 0.571. The van der Waals surface area contributed by atoms with Crippen LogP contribution in [0.25, 0.3) is 0 Å². The Kier molecular flexibility index (Phi) is 3.31. The summed E-state index contributed by atoms with van der Waals surface area (Å²) in [6.45, 7) is 5.33. The molecule has 0 radical (unpaired) electrons. The summed E-state index contributed by atoms with van der Waals surface area (Å²) in [5, 5.41) is 13.3. The highest BCUT2D eigenvalue weighted by Crippen LogP contribution is 2.40. The van der Waals surface area contributed by atoms with Gasteiger partial charge in [0.25, 0.3) is 0 Å². The van der Waals surface area contributed by atoms with Gasteiger partial charge in [0.15, 0.2) is 0 Å². The van der Waals surface area contributed by atoms with Gasteiger partial charge in [0.05, 0.1) is 6.10 Å². The van der Waals surface area contributed by atoms with Gasteiger partial charge in [-0.15, -0.1) is 0 Å². The number of hydrogen-bond acceptors (Lipinski definition) is 2. The van der Waals surface area contributed by atoms with Crippen LogP contribution in [0.1, 0.15) is 54.9 Å². The molecule has 0 spiro atoms. The van der Waals surface area contributed by atoms with Crippen molar-refractivity contribution in [1.82, 2.24) is 5.32 Å². The van der Waals surface area contributed by atoms with Gasteiger partial charge in [-0.25, -0.2) is 0 Å². The lowest BCUT2D eigenvalue weighted by molar-refractivity contribution is 0.173. The average Bonchev–Trinajstić information content (AvgIpc) is 2.56. The van der Waals surface area contributed by atoms with Gasteiger partial charge in [-0.1, -0.05) is 32.0 Å². The van der Waals surface area contributed by atoms with E-state index >= 15 is 0 Å². The van der Waals surface area contributed by atoms with Crippen LogP contribution in [0.15, 0.2) is 18.2 Å². The van der Waals surface area contributed by atoms with Crippen LogP contribution >= 0.6 is 0 Å². The Bertz CT molecular complexity index is 373. The smallest absolute Gasteiger partial charge is 0.0799 e. The van der Waals surface area contributed by atoms with E-state index in [1.54, 1.807) is 0 Å². The predicted octanol–water partition coefficient (Wildman–Crippen LogP) is 2.55. The highest BCUT2D eigenvalue weighted by molar-refractivity contribution is 5.41. The van der Waals surface area contributed by atoms with Crippen molar-refractivity contribution in [3.8, 4) is 0 Å². The second-order valence-electron chi connectivity index (χ2n) is 5.05. The highest BCUT2D eigenvalue weighted by atomic mass is 16.3. The van der Waals surface area contributed by atoms with Crippen LogP contribution in [0.2, 0.25) is 0 Å². The third kappa shape index (κ3) is 2.00. The topological polar surface area (TPSA) is 32.3 Å². The number of fused-ring (bicyclic) bond motifs is 1. The molecule has 1 aromatic rings. The quantitative estimate of drug-likeness (QED) is 0.819. The molecule has 0 bridgehead atoms. The summed E-state index contributed by atoms with van der Waals surface area (Å²) in [6.07, 6.45) is 0.588. The maximum atomic E-state index is 10.1. The molecule has 1 aromatic carbocycles. The second-order valence-corrected chi connectivity index (χ2v) is 5.05. The Morgan fingerprint density at radius 3 is 2.75 bits per heavy atom. The van der Waals surface area contributed by atoms with Gasteiger partial charge in [0.1, 0.15) is 0 Å². The van der Waals surface area contributed by atoms with Crippen molar-refractivity contribution in [3.05, 3.63) is 34.9 Å². The first-order valence-electron chi connectivity index (χ1n) is 6.10. The van der Waals surface area contributed by atoms with Crippen molar-refractivity contribution in [2.75, 3.05) is 13.6 Å². The van der Waals surface area contributed by atoms with Crippen LogP contribution in [0, 0.1) is 0 Å². The van der Waals surface area contributed by atoms with E-state index < -0.39 is 0 Å². The van der Waals surface area contributed by atoms with Gasteiger partial charge in [0, 0.05) is 6.54 Å². The number of likely N-dealkylation sites (N-methyl/N-ethyl adjacent to an activating group) is 1. The summed E-state index contributed by atoms with van der Waals surface area (Å²) in [6, 6.07) is 6.58. The van der Waals surface area contributed by atoms with E-state index in [2.05, 4.69) is 37.4 Å². The van der Waals surface area contributed by atoms with Gasteiger partial charge in [0.2, 0.25) is 0 Å². The minimum absolute atomic E-state index is 0.271. The standard InChI is InChI=1S/C14H21NO/c1-9(2)10-4-5-12-11(8-15-3)7-14(16)13(12)6-10/h4-6,9,11,14-16H,7-8H2,1-3H3. The average molecular weight is 219 g/mol. The van der Waals surface area contributed by atoms with E-state index in [4.69, 9.17) is 0 Å². The molecule has 0 heterocycles. The lowest BCUT2D eigenvalue weighted by Crippen LogP contribution is -2.15. The number of nitrogens with one attached hydrogen (secondary N) is 1. The van der Waals surface area contributed by atoms with E-state index in [-0.39, 0.29) is 6.10 Å². The zero-order valence-electron chi connectivity index (χ0n) is 10.3. The van der Waals surface area contributed by atoms with E-state index in [1.165, 1.54) is 11.1 Å². The zero-order valence-corrected chi connectivity index (χ0v) is 10.3. The molecule has 0 saturated heterocycles. The van der Waals surface area contributed by atoms with Crippen molar-refractivity contribution < 1.29 is 5.11 Å². The minimum Gasteiger partial charge on any atom is -0.388 e. The number of aliphatic hydroxyl groups is 1. The molecule has 0 amide bonds. The number of rotatable bonds is 3. The molecule has 1 aliphatic carbocycles. The molecule has 2 heteroatoms. The fourth-order valence-electron chi connectivity index (χ4n) is 2.58.